The summed E-state index contributed by atoms with van der Waals surface area (Å²) in [5.74, 6) is 0.453. The van der Waals surface area contributed by atoms with Gasteiger partial charge in [0, 0.05) is 12.5 Å². The highest BCUT2D eigenvalue weighted by atomic mass is 16.6. The zero-order chi connectivity index (χ0) is 13.8. The molecule has 5 nitrogen and oxygen atoms in total. The maximum Gasteiger partial charge on any atom is 0.331 e. The van der Waals surface area contributed by atoms with Gasteiger partial charge in [-0.25, -0.2) is 4.79 Å². The molecule has 1 aliphatic carbocycles. The van der Waals surface area contributed by atoms with Crippen LogP contribution in [0.15, 0.2) is 18.2 Å². The van der Waals surface area contributed by atoms with E-state index in [0.29, 0.717) is 6.42 Å². The Morgan fingerprint density at radius 2 is 2.16 bits per heavy atom. The van der Waals surface area contributed by atoms with Crippen LogP contribution in [0.1, 0.15) is 11.1 Å². The molecule has 0 amide bonds. The van der Waals surface area contributed by atoms with Crippen LogP contribution in [0.4, 0.5) is 0 Å². The van der Waals surface area contributed by atoms with E-state index >= 15 is 0 Å². The number of rotatable bonds is 4. The Kier molecular flexibility index (Phi) is 4.39. The molecule has 2 N–H and O–H groups in total. The third kappa shape index (κ3) is 3.05. The zero-order valence-electron chi connectivity index (χ0n) is 11.2. The topological polar surface area (TPSA) is 70.8 Å². The van der Waals surface area contributed by atoms with E-state index in [9.17, 15) is 4.79 Å². The summed E-state index contributed by atoms with van der Waals surface area (Å²) in [5, 5.41) is 0. The molecule has 0 aliphatic heterocycles. The van der Waals surface area contributed by atoms with Crippen LogP contribution < -0.4 is 10.5 Å². The largest absolute Gasteiger partial charge is 0.496 e. The van der Waals surface area contributed by atoms with Gasteiger partial charge < -0.3 is 19.9 Å². The first-order valence-corrected chi connectivity index (χ1v) is 6.24. The second kappa shape index (κ2) is 6.04. The van der Waals surface area contributed by atoms with Crippen molar-refractivity contribution in [2.45, 2.75) is 25.0 Å². The highest BCUT2D eigenvalue weighted by Crippen LogP contribution is 2.30. The van der Waals surface area contributed by atoms with Crippen molar-refractivity contribution in [2.24, 2.45) is 5.73 Å². The van der Waals surface area contributed by atoms with E-state index in [1.54, 1.807) is 7.11 Å². The average molecular weight is 265 g/mol. The number of methoxy groups -OCH3 is 2. The Labute approximate surface area is 112 Å². The fourth-order valence-electron chi connectivity index (χ4n) is 2.38. The van der Waals surface area contributed by atoms with Gasteiger partial charge in [0.05, 0.1) is 20.3 Å². The van der Waals surface area contributed by atoms with Crippen molar-refractivity contribution in [1.29, 1.82) is 0 Å². The predicted molar refractivity (Wildman–Crippen MR) is 70.1 cm³/mol. The minimum atomic E-state index is -0.391. The summed E-state index contributed by atoms with van der Waals surface area (Å²) in [5.41, 5.74) is 8.39. The number of fused-ring (bicyclic) bond motifs is 1. The molecule has 2 rings (SSSR count). The summed E-state index contributed by atoms with van der Waals surface area (Å²) in [6, 6.07) is 5.81. The van der Waals surface area contributed by atoms with Crippen molar-refractivity contribution in [1.82, 2.24) is 0 Å². The summed E-state index contributed by atoms with van der Waals surface area (Å²) >= 11 is 0. The molecule has 0 spiro atoms. The van der Waals surface area contributed by atoms with Crippen molar-refractivity contribution < 1.29 is 19.0 Å². The molecule has 1 aromatic carbocycles. The van der Waals surface area contributed by atoms with Gasteiger partial charge in [0.1, 0.15) is 12.4 Å². The first-order chi connectivity index (χ1) is 9.15. The lowest BCUT2D eigenvalue weighted by atomic mass is 9.86. The molecule has 0 saturated heterocycles. The van der Waals surface area contributed by atoms with Gasteiger partial charge in [-0.2, -0.15) is 0 Å². The van der Waals surface area contributed by atoms with Gasteiger partial charge in [0.25, 0.3) is 0 Å². The number of nitrogens with two attached hydrogens (primary N) is 1. The number of esters is 1. The molecule has 5 heteroatoms. The van der Waals surface area contributed by atoms with Crippen LogP contribution in [-0.2, 0) is 27.1 Å². The molecular formula is C14H19NO4. The number of hydrogen-bond acceptors (Lipinski definition) is 5. The van der Waals surface area contributed by atoms with Crippen LogP contribution in [0, 0.1) is 0 Å². The molecule has 2 atom stereocenters. The summed E-state index contributed by atoms with van der Waals surface area (Å²) in [7, 11) is 2.99. The summed E-state index contributed by atoms with van der Waals surface area (Å²) in [6.45, 7) is -0.0701. The van der Waals surface area contributed by atoms with Crippen LogP contribution in [0.5, 0.6) is 5.75 Å². The third-order valence-electron chi connectivity index (χ3n) is 3.43. The van der Waals surface area contributed by atoms with Crippen LogP contribution in [0.3, 0.4) is 0 Å². The molecule has 1 aromatic rings. The summed E-state index contributed by atoms with van der Waals surface area (Å²) in [6.07, 6.45) is 1.18. The lowest BCUT2D eigenvalue weighted by Crippen LogP contribution is -2.44. The first-order valence-electron chi connectivity index (χ1n) is 6.24. The van der Waals surface area contributed by atoms with Gasteiger partial charge in [0.2, 0.25) is 0 Å². The Morgan fingerprint density at radius 3 is 2.84 bits per heavy atom. The van der Waals surface area contributed by atoms with Crippen LogP contribution in [0.2, 0.25) is 0 Å². The van der Waals surface area contributed by atoms with Crippen LogP contribution in [0.25, 0.3) is 0 Å². The average Bonchev–Trinajstić information content (AvgIpc) is 2.43. The Hall–Kier alpha value is -1.59. The number of benzene rings is 1. The fraction of sp³-hybridized carbons (Fsp3) is 0.500. The van der Waals surface area contributed by atoms with Gasteiger partial charge in [-0.15, -0.1) is 0 Å². The highest BCUT2D eigenvalue weighted by molar-refractivity contribution is 5.70. The van der Waals surface area contributed by atoms with Gasteiger partial charge in [0.15, 0.2) is 0 Å². The molecule has 0 radical (unpaired) electrons. The van der Waals surface area contributed by atoms with E-state index in [2.05, 4.69) is 4.74 Å². The standard InChI is InChI=1S/C14H19NO4/c1-17-12-5-3-4-9-6-11(15)13(7-10(9)12)19-8-14(16)18-2/h3-5,11,13H,6-8,15H2,1-2H3. The highest BCUT2D eigenvalue weighted by Gasteiger charge is 2.29. The molecule has 104 valence electrons. The lowest BCUT2D eigenvalue weighted by Gasteiger charge is -2.31. The van der Waals surface area contributed by atoms with Crippen LogP contribution >= 0.6 is 0 Å². The minimum Gasteiger partial charge on any atom is -0.496 e. The smallest absolute Gasteiger partial charge is 0.331 e. The predicted octanol–water partition coefficient (Wildman–Crippen LogP) is 0.679. The maximum absolute atomic E-state index is 11.1. The van der Waals surface area contributed by atoms with E-state index < -0.39 is 5.97 Å². The molecule has 1 aliphatic rings. The Bertz CT molecular complexity index is 461. The number of carbonyl (C=O) groups is 1. The number of carbonyl (C=O) groups excluding carboxylic acids is 1. The Morgan fingerprint density at radius 1 is 1.37 bits per heavy atom. The van der Waals surface area contributed by atoms with Crippen molar-refractivity contribution >= 4 is 5.97 Å². The van der Waals surface area contributed by atoms with Crippen molar-refractivity contribution in [3.63, 3.8) is 0 Å². The van der Waals surface area contributed by atoms with E-state index in [0.717, 1.165) is 17.7 Å². The van der Waals surface area contributed by atoms with Crippen molar-refractivity contribution in [3.8, 4) is 5.75 Å². The molecular weight excluding hydrogens is 246 g/mol. The van der Waals surface area contributed by atoms with Crippen molar-refractivity contribution in [3.05, 3.63) is 29.3 Å². The van der Waals surface area contributed by atoms with Crippen LogP contribution in [-0.4, -0.2) is 38.9 Å². The normalized spacial score (nSPS) is 21.6. The van der Waals surface area contributed by atoms with E-state index in [1.807, 2.05) is 18.2 Å². The van der Waals surface area contributed by atoms with Crippen molar-refractivity contribution in [2.75, 3.05) is 20.8 Å². The number of ether oxygens (including phenoxy) is 3. The zero-order valence-corrected chi connectivity index (χ0v) is 11.2. The minimum absolute atomic E-state index is 0.0701. The molecule has 19 heavy (non-hydrogen) atoms. The molecule has 0 bridgehead atoms. The molecule has 2 unspecified atom stereocenters. The third-order valence-corrected chi connectivity index (χ3v) is 3.43. The summed E-state index contributed by atoms with van der Waals surface area (Å²) in [4.78, 5) is 11.1. The lowest BCUT2D eigenvalue weighted by molar-refractivity contribution is -0.148. The second-order valence-corrected chi connectivity index (χ2v) is 4.60. The molecule has 0 fully saturated rings. The maximum atomic E-state index is 11.1. The van der Waals surface area contributed by atoms with Gasteiger partial charge in [-0.05, 0) is 23.6 Å². The van der Waals surface area contributed by atoms with Gasteiger partial charge >= 0.3 is 5.97 Å². The summed E-state index contributed by atoms with van der Waals surface area (Å²) < 4.78 is 15.5. The second-order valence-electron chi connectivity index (χ2n) is 4.60. The monoisotopic (exact) mass is 265 g/mol. The van der Waals surface area contributed by atoms with E-state index in [-0.39, 0.29) is 18.8 Å². The van der Waals surface area contributed by atoms with Gasteiger partial charge in [-0.1, -0.05) is 12.1 Å². The quantitative estimate of drug-likeness (QED) is 0.811. The van der Waals surface area contributed by atoms with E-state index in [1.165, 1.54) is 12.7 Å². The number of hydrogen-bond donors (Lipinski definition) is 1. The van der Waals surface area contributed by atoms with Gasteiger partial charge in [-0.3, -0.25) is 0 Å². The Balaban J connectivity index is 2.11. The molecule has 0 heterocycles. The van der Waals surface area contributed by atoms with E-state index in [4.69, 9.17) is 15.2 Å². The molecule has 0 saturated carbocycles. The SMILES string of the molecule is COC(=O)COC1Cc2c(cccc2OC)CC1N. The fourth-order valence-corrected chi connectivity index (χ4v) is 2.38. The molecule has 0 aromatic heterocycles. The first kappa shape index (κ1) is 13.8.